The molecule has 2 aromatic rings. The van der Waals surface area contributed by atoms with Crippen LogP contribution in [-0.4, -0.2) is 32.4 Å². The number of ether oxygens (including phenoxy) is 2. The van der Waals surface area contributed by atoms with Gasteiger partial charge in [0.05, 0.1) is 6.61 Å². The number of nitrogens with one attached hydrogen (secondary N) is 2. The van der Waals surface area contributed by atoms with Crippen LogP contribution in [0.5, 0.6) is 11.5 Å². The number of guanidine groups is 1. The minimum Gasteiger partial charge on any atom is -0.494 e. The Morgan fingerprint density at radius 1 is 0.893 bits per heavy atom. The molecule has 0 amide bonds. The second-order valence-corrected chi connectivity index (χ2v) is 5.83. The normalized spacial score (nSPS) is 11.8. The van der Waals surface area contributed by atoms with Crippen molar-refractivity contribution in [2.45, 2.75) is 26.2 Å². The van der Waals surface area contributed by atoms with E-state index in [9.17, 15) is 13.2 Å². The molecule has 28 heavy (non-hydrogen) atoms. The van der Waals surface area contributed by atoms with Crippen LogP contribution in [0.2, 0.25) is 0 Å². The molecule has 0 bridgehead atoms. The molecule has 2 aromatic carbocycles. The molecule has 0 unspecified atom stereocenters. The molecule has 0 saturated heterocycles. The van der Waals surface area contributed by atoms with Crippen molar-refractivity contribution in [1.82, 2.24) is 10.6 Å². The number of benzene rings is 2. The zero-order chi connectivity index (χ0) is 20.4. The fourth-order valence-corrected chi connectivity index (χ4v) is 2.47. The van der Waals surface area contributed by atoms with Crippen molar-refractivity contribution in [3.8, 4) is 11.5 Å². The Labute approximate surface area is 162 Å². The summed E-state index contributed by atoms with van der Waals surface area (Å²) in [6, 6.07) is 14.3. The van der Waals surface area contributed by atoms with Crippen LogP contribution in [0.3, 0.4) is 0 Å². The first-order valence-corrected chi connectivity index (χ1v) is 8.85. The lowest BCUT2D eigenvalue weighted by Crippen LogP contribution is -2.36. The van der Waals surface area contributed by atoms with Crippen molar-refractivity contribution < 1.29 is 22.6 Å². The van der Waals surface area contributed by atoms with Crippen molar-refractivity contribution in [2.75, 3.05) is 20.3 Å². The Bertz CT molecular complexity index is 779. The number of nitrogens with zero attached hydrogens (tertiary/aromatic N) is 1. The number of aliphatic imine (C=N–C) groups is 1. The third-order valence-corrected chi connectivity index (χ3v) is 3.75. The first kappa shape index (κ1) is 21.4. The summed E-state index contributed by atoms with van der Waals surface area (Å²) in [7, 11) is 1.62. The molecule has 0 aliphatic carbocycles. The smallest absolute Gasteiger partial charge is 0.422 e. The second kappa shape index (κ2) is 10.4. The maximum absolute atomic E-state index is 12.4. The molecule has 0 heterocycles. The Morgan fingerprint density at radius 3 is 1.86 bits per heavy atom. The Morgan fingerprint density at radius 2 is 1.39 bits per heavy atom. The number of hydrogen-bond acceptors (Lipinski definition) is 3. The third-order valence-electron chi connectivity index (χ3n) is 3.75. The lowest BCUT2D eigenvalue weighted by atomic mass is 10.2. The molecule has 0 aromatic heterocycles. The van der Waals surface area contributed by atoms with Gasteiger partial charge in [-0.3, -0.25) is 4.99 Å². The number of rotatable bonds is 8. The molecule has 152 valence electrons. The topological polar surface area (TPSA) is 54.9 Å². The molecule has 2 N–H and O–H groups in total. The van der Waals surface area contributed by atoms with Gasteiger partial charge in [0.2, 0.25) is 0 Å². The van der Waals surface area contributed by atoms with Gasteiger partial charge in [0.25, 0.3) is 0 Å². The van der Waals surface area contributed by atoms with E-state index in [2.05, 4.69) is 15.6 Å². The van der Waals surface area contributed by atoms with Crippen LogP contribution in [0, 0.1) is 0 Å². The molecular formula is C20H24F3N3O2. The van der Waals surface area contributed by atoms with E-state index < -0.39 is 12.8 Å². The fourth-order valence-electron chi connectivity index (χ4n) is 2.47. The Balaban J connectivity index is 1.94. The zero-order valence-corrected chi connectivity index (χ0v) is 15.8. The lowest BCUT2D eigenvalue weighted by molar-refractivity contribution is -0.153. The van der Waals surface area contributed by atoms with Crippen LogP contribution in [-0.2, 0) is 13.1 Å². The van der Waals surface area contributed by atoms with Crippen molar-refractivity contribution in [1.29, 1.82) is 0 Å². The molecule has 8 heteroatoms. The highest BCUT2D eigenvalue weighted by molar-refractivity contribution is 5.79. The predicted octanol–water partition coefficient (Wildman–Crippen LogP) is 3.89. The van der Waals surface area contributed by atoms with Crippen molar-refractivity contribution in [3.63, 3.8) is 0 Å². The Kier molecular flexibility index (Phi) is 7.98. The van der Waals surface area contributed by atoms with Gasteiger partial charge in [-0.1, -0.05) is 36.4 Å². The molecule has 5 nitrogen and oxygen atoms in total. The van der Waals surface area contributed by atoms with Crippen molar-refractivity contribution in [3.05, 3.63) is 59.7 Å². The van der Waals surface area contributed by atoms with Crippen LogP contribution in [0.4, 0.5) is 13.2 Å². The van der Waals surface area contributed by atoms with E-state index in [0.29, 0.717) is 24.7 Å². The van der Waals surface area contributed by atoms with Gasteiger partial charge in [0.15, 0.2) is 12.6 Å². The van der Waals surface area contributed by atoms with Gasteiger partial charge in [-0.15, -0.1) is 0 Å². The highest BCUT2D eigenvalue weighted by Crippen LogP contribution is 2.22. The van der Waals surface area contributed by atoms with E-state index in [1.54, 1.807) is 25.2 Å². The summed E-state index contributed by atoms with van der Waals surface area (Å²) >= 11 is 0. The molecule has 0 atom stereocenters. The monoisotopic (exact) mass is 395 g/mol. The highest BCUT2D eigenvalue weighted by Gasteiger charge is 2.28. The standard InChI is InChI=1S/C20H24F3N3O2/c1-3-27-17-10-6-4-8-15(17)12-25-19(24-2)26-13-16-9-5-7-11-18(16)28-14-20(21,22)23/h4-11H,3,12-14H2,1-2H3,(H2,24,25,26). The van der Waals surface area contributed by atoms with Crippen molar-refractivity contribution >= 4 is 5.96 Å². The van der Waals surface area contributed by atoms with Gasteiger partial charge in [0.1, 0.15) is 11.5 Å². The predicted molar refractivity (Wildman–Crippen MR) is 103 cm³/mol. The van der Waals surface area contributed by atoms with E-state index in [4.69, 9.17) is 9.47 Å². The average molecular weight is 395 g/mol. The quantitative estimate of drug-likeness (QED) is 0.526. The fraction of sp³-hybridized carbons (Fsp3) is 0.350. The SMILES string of the molecule is CCOc1ccccc1CNC(=NC)NCc1ccccc1OCC(F)(F)F. The molecule has 0 radical (unpaired) electrons. The summed E-state index contributed by atoms with van der Waals surface area (Å²) in [6.07, 6.45) is -4.38. The van der Waals surface area contributed by atoms with Gasteiger partial charge >= 0.3 is 6.18 Å². The van der Waals surface area contributed by atoms with Crippen LogP contribution in [0.25, 0.3) is 0 Å². The first-order chi connectivity index (χ1) is 13.4. The number of halogens is 3. The summed E-state index contributed by atoms with van der Waals surface area (Å²) in [5, 5.41) is 6.25. The molecule has 2 rings (SSSR count). The summed E-state index contributed by atoms with van der Waals surface area (Å²) in [6.45, 7) is 1.91. The van der Waals surface area contributed by atoms with E-state index in [1.807, 2.05) is 31.2 Å². The van der Waals surface area contributed by atoms with Gasteiger partial charge in [-0.05, 0) is 19.1 Å². The summed E-state index contributed by atoms with van der Waals surface area (Å²) in [5.41, 5.74) is 1.57. The molecule has 0 fully saturated rings. The lowest BCUT2D eigenvalue weighted by Gasteiger charge is -2.16. The summed E-state index contributed by atoms with van der Waals surface area (Å²) in [5.74, 6) is 1.49. The van der Waals surface area contributed by atoms with Gasteiger partial charge in [0, 0.05) is 31.3 Å². The molecular weight excluding hydrogens is 371 g/mol. The first-order valence-electron chi connectivity index (χ1n) is 8.85. The maximum atomic E-state index is 12.4. The van der Waals surface area contributed by atoms with E-state index in [-0.39, 0.29) is 12.3 Å². The van der Waals surface area contributed by atoms with Crippen LogP contribution in [0.1, 0.15) is 18.1 Å². The largest absolute Gasteiger partial charge is 0.494 e. The van der Waals surface area contributed by atoms with Gasteiger partial charge < -0.3 is 20.1 Å². The minimum absolute atomic E-state index is 0.185. The molecule has 0 spiro atoms. The van der Waals surface area contributed by atoms with Gasteiger partial charge in [-0.25, -0.2) is 0 Å². The number of alkyl halides is 3. The third kappa shape index (κ3) is 7.02. The molecule has 0 aliphatic heterocycles. The van der Waals surface area contributed by atoms with Crippen LogP contribution < -0.4 is 20.1 Å². The van der Waals surface area contributed by atoms with Crippen LogP contribution >= 0.6 is 0 Å². The molecule has 0 saturated carbocycles. The Hall–Kier alpha value is -2.90. The maximum Gasteiger partial charge on any atom is 0.422 e. The summed E-state index contributed by atoms with van der Waals surface area (Å²) in [4.78, 5) is 4.14. The summed E-state index contributed by atoms with van der Waals surface area (Å²) < 4.78 is 47.7. The van der Waals surface area contributed by atoms with E-state index >= 15 is 0 Å². The number of hydrogen-bond donors (Lipinski definition) is 2. The zero-order valence-electron chi connectivity index (χ0n) is 15.8. The highest BCUT2D eigenvalue weighted by atomic mass is 19.4. The average Bonchev–Trinajstić information content (AvgIpc) is 2.68. The number of para-hydroxylation sites is 2. The van der Waals surface area contributed by atoms with E-state index in [0.717, 1.165) is 11.3 Å². The van der Waals surface area contributed by atoms with Crippen LogP contribution in [0.15, 0.2) is 53.5 Å². The minimum atomic E-state index is -4.38. The van der Waals surface area contributed by atoms with Crippen molar-refractivity contribution in [2.24, 2.45) is 4.99 Å². The second-order valence-electron chi connectivity index (χ2n) is 5.83. The molecule has 0 aliphatic rings. The van der Waals surface area contributed by atoms with E-state index in [1.165, 1.54) is 6.07 Å². The van der Waals surface area contributed by atoms with Gasteiger partial charge in [-0.2, -0.15) is 13.2 Å².